The second kappa shape index (κ2) is 8.87. The summed E-state index contributed by atoms with van der Waals surface area (Å²) in [5, 5.41) is 8.52. The van der Waals surface area contributed by atoms with E-state index in [0.717, 1.165) is 64.1 Å². The molecule has 0 atom stereocenters. The molecule has 0 radical (unpaired) electrons. The van der Waals surface area contributed by atoms with E-state index in [2.05, 4.69) is 20.9 Å². The number of thiophene rings is 1. The highest BCUT2D eigenvalue weighted by atomic mass is 35.5. The van der Waals surface area contributed by atoms with Crippen LogP contribution >= 0.6 is 23.7 Å². The molecular formula is C16H26ClN3OS. The molecule has 1 aromatic heterocycles. The molecule has 0 spiro atoms. The summed E-state index contributed by atoms with van der Waals surface area (Å²) < 4.78 is 0. The molecule has 2 N–H and O–H groups in total. The summed E-state index contributed by atoms with van der Waals surface area (Å²) in [5.74, 6) is 0.134. The number of nitrogens with one attached hydrogen (secondary N) is 2. The number of halogens is 1. The van der Waals surface area contributed by atoms with Gasteiger partial charge in [-0.1, -0.05) is 0 Å². The Morgan fingerprint density at radius 2 is 2.05 bits per heavy atom. The van der Waals surface area contributed by atoms with E-state index < -0.39 is 0 Å². The minimum absolute atomic E-state index is 0. The van der Waals surface area contributed by atoms with Gasteiger partial charge < -0.3 is 15.5 Å². The molecule has 4 nitrogen and oxygen atoms in total. The number of carbonyl (C=O) groups excluding carboxylic acids is 1. The number of piperazine rings is 1. The van der Waals surface area contributed by atoms with Crippen molar-refractivity contribution in [3.8, 4) is 0 Å². The van der Waals surface area contributed by atoms with Gasteiger partial charge in [0.15, 0.2) is 0 Å². The van der Waals surface area contributed by atoms with Crippen LogP contribution in [0.5, 0.6) is 0 Å². The second-order valence-electron chi connectivity index (χ2n) is 5.96. The number of carbonyl (C=O) groups is 1. The van der Waals surface area contributed by atoms with E-state index in [9.17, 15) is 4.79 Å². The fourth-order valence-corrected chi connectivity index (χ4v) is 4.34. The fraction of sp³-hybridized carbons (Fsp3) is 0.688. The zero-order valence-corrected chi connectivity index (χ0v) is 14.7. The smallest absolute Gasteiger partial charge is 0.252 e. The third-order valence-electron chi connectivity index (χ3n) is 4.45. The fourth-order valence-electron chi connectivity index (χ4n) is 3.22. The minimum Gasteiger partial charge on any atom is -0.352 e. The van der Waals surface area contributed by atoms with Gasteiger partial charge in [-0.2, -0.15) is 0 Å². The lowest BCUT2D eigenvalue weighted by atomic mass is 9.96. The summed E-state index contributed by atoms with van der Waals surface area (Å²) in [6.45, 7) is 6.32. The molecule has 0 bridgehead atoms. The van der Waals surface area contributed by atoms with Crippen molar-refractivity contribution in [1.82, 2.24) is 15.5 Å². The number of fused-ring (bicyclic) bond motifs is 1. The standard InChI is InChI=1S/C16H25N3OS.ClH/c20-16(14-12-21-15-5-2-1-4-13(14)15)18-6-3-9-19-10-7-17-8-11-19;/h12,17H,1-11H2,(H,18,20);1H. The Morgan fingerprint density at radius 1 is 1.27 bits per heavy atom. The molecule has 6 heteroatoms. The van der Waals surface area contributed by atoms with Crippen LogP contribution in [0.2, 0.25) is 0 Å². The zero-order chi connectivity index (χ0) is 14.5. The first-order valence-electron chi connectivity index (χ1n) is 8.15. The van der Waals surface area contributed by atoms with Crippen molar-refractivity contribution < 1.29 is 4.79 Å². The molecule has 2 heterocycles. The third kappa shape index (κ3) is 4.44. The van der Waals surface area contributed by atoms with Crippen molar-refractivity contribution in [3.05, 3.63) is 21.4 Å². The van der Waals surface area contributed by atoms with Gasteiger partial charge in [-0.05, 0) is 44.2 Å². The Morgan fingerprint density at radius 3 is 2.86 bits per heavy atom. The predicted octanol–water partition coefficient (Wildman–Crippen LogP) is 2.07. The van der Waals surface area contributed by atoms with Gasteiger partial charge in [-0.3, -0.25) is 4.79 Å². The Balaban J connectivity index is 0.00000176. The van der Waals surface area contributed by atoms with Gasteiger partial charge in [0.05, 0.1) is 5.56 Å². The average Bonchev–Trinajstić information content (AvgIpc) is 2.96. The van der Waals surface area contributed by atoms with Crippen molar-refractivity contribution in [2.45, 2.75) is 32.1 Å². The first-order chi connectivity index (χ1) is 10.3. The van der Waals surface area contributed by atoms with E-state index in [0.29, 0.717) is 0 Å². The highest BCUT2D eigenvalue weighted by Gasteiger charge is 2.19. The molecule has 1 saturated heterocycles. The lowest BCUT2D eigenvalue weighted by Gasteiger charge is -2.27. The van der Waals surface area contributed by atoms with E-state index in [1.165, 1.54) is 23.3 Å². The first kappa shape index (κ1) is 17.7. The normalized spacial score (nSPS) is 18.4. The van der Waals surface area contributed by atoms with Gasteiger partial charge in [0.25, 0.3) is 5.91 Å². The Labute approximate surface area is 143 Å². The number of nitrogens with zero attached hydrogens (tertiary/aromatic N) is 1. The SMILES string of the molecule is Cl.O=C(NCCCN1CCNCC1)c1csc2c1CCCC2. The van der Waals surface area contributed by atoms with E-state index in [-0.39, 0.29) is 18.3 Å². The summed E-state index contributed by atoms with van der Waals surface area (Å²) >= 11 is 1.77. The molecule has 0 unspecified atom stereocenters. The van der Waals surface area contributed by atoms with Crippen LogP contribution in [0.1, 0.15) is 40.1 Å². The van der Waals surface area contributed by atoms with Crippen LogP contribution in [0.15, 0.2) is 5.38 Å². The van der Waals surface area contributed by atoms with Gasteiger partial charge in [-0.25, -0.2) is 0 Å². The molecule has 22 heavy (non-hydrogen) atoms. The second-order valence-corrected chi connectivity index (χ2v) is 6.92. The van der Waals surface area contributed by atoms with Gasteiger partial charge >= 0.3 is 0 Å². The monoisotopic (exact) mass is 343 g/mol. The molecule has 1 amide bonds. The molecule has 0 aromatic carbocycles. The molecule has 124 valence electrons. The lowest BCUT2D eigenvalue weighted by molar-refractivity contribution is 0.0950. The summed E-state index contributed by atoms with van der Waals surface area (Å²) in [6, 6.07) is 0. The lowest BCUT2D eigenvalue weighted by Crippen LogP contribution is -2.44. The van der Waals surface area contributed by atoms with Crippen LogP contribution < -0.4 is 10.6 Å². The van der Waals surface area contributed by atoms with Gasteiger partial charge in [0, 0.05) is 43.0 Å². The number of rotatable bonds is 5. The van der Waals surface area contributed by atoms with Crippen molar-refractivity contribution in [3.63, 3.8) is 0 Å². The van der Waals surface area contributed by atoms with Gasteiger partial charge in [0.1, 0.15) is 0 Å². The Kier molecular flexibility index (Phi) is 7.15. The molecule has 1 aromatic rings. The molecule has 1 fully saturated rings. The maximum atomic E-state index is 12.3. The number of aryl methyl sites for hydroxylation is 1. The summed E-state index contributed by atoms with van der Waals surface area (Å²) in [5.41, 5.74) is 2.27. The highest BCUT2D eigenvalue weighted by Crippen LogP contribution is 2.30. The van der Waals surface area contributed by atoms with Crippen LogP contribution in [-0.4, -0.2) is 50.1 Å². The largest absolute Gasteiger partial charge is 0.352 e. The summed E-state index contributed by atoms with van der Waals surface area (Å²) in [7, 11) is 0. The molecular weight excluding hydrogens is 318 g/mol. The Hall–Kier alpha value is -0.620. The van der Waals surface area contributed by atoms with Crippen LogP contribution in [0.4, 0.5) is 0 Å². The first-order valence-corrected chi connectivity index (χ1v) is 9.03. The molecule has 0 saturated carbocycles. The topological polar surface area (TPSA) is 44.4 Å². The van der Waals surface area contributed by atoms with Crippen molar-refractivity contribution in [1.29, 1.82) is 0 Å². The van der Waals surface area contributed by atoms with E-state index in [1.807, 2.05) is 0 Å². The van der Waals surface area contributed by atoms with Crippen LogP contribution in [0, 0.1) is 0 Å². The predicted molar refractivity (Wildman–Crippen MR) is 94.5 cm³/mol. The molecule has 1 aliphatic carbocycles. The van der Waals surface area contributed by atoms with Crippen LogP contribution in [0.3, 0.4) is 0 Å². The average molecular weight is 344 g/mol. The number of amides is 1. The quantitative estimate of drug-likeness (QED) is 0.804. The Bertz CT molecular complexity index is 486. The molecule has 2 aliphatic rings. The summed E-state index contributed by atoms with van der Waals surface area (Å²) in [4.78, 5) is 16.2. The van der Waals surface area contributed by atoms with E-state index >= 15 is 0 Å². The van der Waals surface area contributed by atoms with E-state index in [4.69, 9.17) is 0 Å². The molecule has 3 rings (SSSR count). The van der Waals surface area contributed by atoms with Gasteiger partial charge in [-0.15, -0.1) is 23.7 Å². The summed E-state index contributed by atoms with van der Waals surface area (Å²) in [6.07, 6.45) is 5.79. The highest BCUT2D eigenvalue weighted by molar-refractivity contribution is 7.10. The van der Waals surface area contributed by atoms with Crippen molar-refractivity contribution >= 4 is 29.7 Å². The van der Waals surface area contributed by atoms with Gasteiger partial charge in [0.2, 0.25) is 0 Å². The van der Waals surface area contributed by atoms with Crippen molar-refractivity contribution in [2.24, 2.45) is 0 Å². The third-order valence-corrected chi connectivity index (χ3v) is 5.54. The van der Waals surface area contributed by atoms with Crippen molar-refractivity contribution in [2.75, 3.05) is 39.3 Å². The van der Waals surface area contributed by atoms with E-state index in [1.54, 1.807) is 11.3 Å². The number of hydrogen-bond donors (Lipinski definition) is 2. The molecule has 1 aliphatic heterocycles. The maximum Gasteiger partial charge on any atom is 0.252 e. The number of hydrogen-bond acceptors (Lipinski definition) is 4. The maximum absolute atomic E-state index is 12.3. The van der Waals surface area contributed by atoms with Crippen LogP contribution in [-0.2, 0) is 12.8 Å². The minimum atomic E-state index is 0. The zero-order valence-electron chi connectivity index (χ0n) is 13.0. The van der Waals surface area contributed by atoms with Crippen LogP contribution in [0.25, 0.3) is 0 Å².